The zero-order valence-corrected chi connectivity index (χ0v) is 3.71. The lowest BCUT2D eigenvalue weighted by atomic mass is 10.00. The Morgan fingerprint density at radius 1 is 2.00 bits per heavy atom. The zero-order chi connectivity index (χ0) is 4.28. The van der Waals surface area contributed by atoms with E-state index in [0.29, 0.717) is 0 Å². The Morgan fingerprint density at radius 3 is 2.20 bits per heavy atom. The van der Waals surface area contributed by atoms with Crippen LogP contribution in [0.25, 0.3) is 0 Å². The second-order valence-corrected chi connectivity index (χ2v) is 1.13. The minimum absolute atomic E-state index is 0.755. The van der Waals surface area contributed by atoms with Crippen molar-refractivity contribution in [1.29, 1.82) is 5.41 Å². The lowest BCUT2D eigenvalue weighted by molar-refractivity contribution is 1.28. The van der Waals surface area contributed by atoms with E-state index in [9.17, 15) is 0 Å². The first kappa shape index (κ1) is 4.73. The van der Waals surface area contributed by atoms with E-state index in [1.807, 2.05) is 6.92 Å². The fourth-order valence-electron chi connectivity index (χ4n) is 0. The van der Waals surface area contributed by atoms with Gasteiger partial charge in [0, 0.05) is 0 Å². The van der Waals surface area contributed by atoms with E-state index in [2.05, 4.69) is 0 Å². The van der Waals surface area contributed by atoms with Crippen molar-refractivity contribution in [3.8, 4) is 0 Å². The number of hydrogen-bond donors (Lipinski definition) is 1. The molecule has 0 aromatic heterocycles. The van der Waals surface area contributed by atoms with E-state index in [0.717, 1.165) is 12.0 Å². The Balaban J connectivity index is 2.85. The summed E-state index contributed by atoms with van der Waals surface area (Å²) in [5, 5.41) is 6.74. The highest BCUT2D eigenvalue weighted by atomic mass is 14.3. The standard InChI is InChI=1S/C3H8BN/c1-2-3(4)5/h5H,2,4H2,1H3. The predicted molar refractivity (Wildman–Crippen MR) is 26.6 cm³/mol. The molecule has 0 atom stereocenters. The first-order chi connectivity index (χ1) is 2.27. The third-order valence-corrected chi connectivity index (χ3v) is 0.530. The largest absolute Gasteiger partial charge is 0.320 e. The lowest BCUT2D eigenvalue weighted by Crippen LogP contribution is -1.87. The van der Waals surface area contributed by atoms with Gasteiger partial charge in [-0.2, -0.15) is 0 Å². The summed E-state index contributed by atoms with van der Waals surface area (Å²) in [5.41, 5.74) is 0.755. The second-order valence-electron chi connectivity index (χ2n) is 1.13. The molecule has 2 heteroatoms. The zero-order valence-electron chi connectivity index (χ0n) is 3.71. The molecule has 0 amide bonds. The van der Waals surface area contributed by atoms with Crippen molar-refractivity contribution >= 4 is 13.5 Å². The van der Waals surface area contributed by atoms with E-state index in [1.165, 1.54) is 0 Å². The molecule has 0 saturated heterocycles. The predicted octanol–water partition coefficient (Wildman–Crippen LogP) is 0.00677. The summed E-state index contributed by atoms with van der Waals surface area (Å²) >= 11 is 0. The van der Waals surface area contributed by atoms with Gasteiger partial charge in [-0.1, -0.05) is 6.92 Å². The van der Waals surface area contributed by atoms with E-state index in [-0.39, 0.29) is 0 Å². The minimum atomic E-state index is 0.755. The van der Waals surface area contributed by atoms with Crippen LogP contribution in [0.4, 0.5) is 0 Å². The van der Waals surface area contributed by atoms with Gasteiger partial charge in [-0.05, 0) is 12.0 Å². The van der Waals surface area contributed by atoms with Crippen molar-refractivity contribution in [2.45, 2.75) is 13.3 Å². The van der Waals surface area contributed by atoms with Crippen molar-refractivity contribution in [1.82, 2.24) is 0 Å². The molecule has 0 heterocycles. The number of hydrogen-bond acceptors (Lipinski definition) is 1. The molecule has 1 nitrogen and oxygen atoms in total. The van der Waals surface area contributed by atoms with Crippen LogP contribution >= 0.6 is 0 Å². The summed E-state index contributed by atoms with van der Waals surface area (Å²) in [6, 6.07) is 0. The second kappa shape index (κ2) is 2.00. The average molecular weight is 68.9 g/mol. The Hall–Kier alpha value is -0.265. The monoisotopic (exact) mass is 69.1 g/mol. The first-order valence-electron chi connectivity index (χ1n) is 1.81. The first-order valence-corrected chi connectivity index (χ1v) is 1.81. The number of nitrogens with one attached hydrogen (secondary N) is 1. The molecule has 0 bridgehead atoms. The van der Waals surface area contributed by atoms with E-state index < -0.39 is 0 Å². The molecule has 5 heavy (non-hydrogen) atoms. The average Bonchev–Trinajstić information content (AvgIpc) is 1.38. The maximum absolute atomic E-state index is 6.74. The maximum Gasteiger partial charge on any atom is 0.157 e. The quantitative estimate of drug-likeness (QED) is 0.331. The van der Waals surface area contributed by atoms with Crippen molar-refractivity contribution in [2.75, 3.05) is 0 Å². The Morgan fingerprint density at radius 2 is 2.20 bits per heavy atom. The molecule has 0 aliphatic carbocycles. The normalized spacial score (nSPS) is 7.40. The summed E-state index contributed by atoms with van der Waals surface area (Å²) in [6.07, 6.45) is 0.889. The summed E-state index contributed by atoms with van der Waals surface area (Å²) in [5.74, 6) is 0. The van der Waals surface area contributed by atoms with Crippen molar-refractivity contribution in [3.63, 3.8) is 0 Å². The van der Waals surface area contributed by atoms with Gasteiger partial charge in [-0.15, -0.1) is 0 Å². The van der Waals surface area contributed by atoms with Crippen molar-refractivity contribution in [3.05, 3.63) is 0 Å². The molecular weight excluding hydrogens is 60.9 g/mol. The molecule has 0 aromatic carbocycles. The summed E-state index contributed by atoms with van der Waals surface area (Å²) < 4.78 is 0. The minimum Gasteiger partial charge on any atom is -0.320 e. The summed E-state index contributed by atoms with van der Waals surface area (Å²) in [4.78, 5) is 0. The van der Waals surface area contributed by atoms with Gasteiger partial charge in [0.1, 0.15) is 0 Å². The Bertz CT molecular complexity index is 42.2. The Labute approximate surface area is 33.3 Å². The van der Waals surface area contributed by atoms with Gasteiger partial charge in [0.05, 0.1) is 0 Å². The van der Waals surface area contributed by atoms with Crippen LogP contribution in [0.5, 0.6) is 0 Å². The summed E-state index contributed by atoms with van der Waals surface area (Å²) in [6.45, 7) is 1.97. The molecule has 0 aromatic rings. The Kier molecular flexibility index (Phi) is 1.90. The van der Waals surface area contributed by atoms with Gasteiger partial charge >= 0.3 is 0 Å². The van der Waals surface area contributed by atoms with Crippen LogP contribution in [-0.4, -0.2) is 13.5 Å². The lowest BCUT2D eigenvalue weighted by Gasteiger charge is -1.77. The SMILES string of the molecule is BC(=N)CC. The van der Waals surface area contributed by atoms with Crippen molar-refractivity contribution < 1.29 is 0 Å². The highest BCUT2D eigenvalue weighted by molar-refractivity contribution is 6.58. The third-order valence-electron chi connectivity index (χ3n) is 0.530. The molecule has 0 aliphatic rings. The maximum atomic E-state index is 6.74. The number of rotatable bonds is 1. The van der Waals surface area contributed by atoms with Crippen LogP contribution in [0.1, 0.15) is 13.3 Å². The van der Waals surface area contributed by atoms with Gasteiger partial charge in [-0.25, -0.2) is 0 Å². The van der Waals surface area contributed by atoms with E-state index in [4.69, 9.17) is 5.41 Å². The van der Waals surface area contributed by atoms with E-state index >= 15 is 0 Å². The van der Waals surface area contributed by atoms with E-state index in [1.54, 1.807) is 7.85 Å². The van der Waals surface area contributed by atoms with Gasteiger partial charge < -0.3 is 5.41 Å². The van der Waals surface area contributed by atoms with Gasteiger partial charge in [-0.3, -0.25) is 0 Å². The highest BCUT2D eigenvalue weighted by Crippen LogP contribution is 1.67. The molecule has 0 fully saturated rings. The van der Waals surface area contributed by atoms with Gasteiger partial charge in [0.25, 0.3) is 0 Å². The molecule has 0 spiro atoms. The van der Waals surface area contributed by atoms with Crippen LogP contribution in [0.3, 0.4) is 0 Å². The molecule has 28 valence electrons. The molecule has 0 saturated carbocycles. The molecule has 0 aliphatic heterocycles. The topological polar surface area (TPSA) is 23.9 Å². The van der Waals surface area contributed by atoms with Crippen molar-refractivity contribution in [2.24, 2.45) is 0 Å². The smallest absolute Gasteiger partial charge is 0.157 e. The fraction of sp³-hybridized carbons (Fsp3) is 0.667. The highest BCUT2D eigenvalue weighted by Gasteiger charge is 1.71. The molecule has 0 unspecified atom stereocenters. The molecular formula is C3H8BN. The van der Waals surface area contributed by atoms with Crippen LogP contribution in [0.15, 0.2) is 0 Å². The molecule has 0 rings (SSSR count). The summed E-state index contributed by atoms with van der Waals surface area (Å²) in [7, 11) is 1.81. The molecule has 1 N–H and O–H groups in total. The van der Waals surface area contributed by atoms with Crippen LogP contribution < -0.4 is 0 Å². The van der Waals surface area contributed by atoms with Crippen LogP contribution in [0.2, 0.25) is 0 Å². The van der Waals surface area contributed by atoms with Gasteiger partial charge in [0.2, 0.25) is 0 Å². The fourth-order valence-corrected chi connectivity index (χ4v) is 0. The third kappa shape index (κ3) is 3.73. The van der Waals surface area contributed by atoms with Crippen LogP contribution in [0, 0.1) is 5.41 Å². The van der Waals surface area contributed by atoms with Crippen LogP contribution in [-0.2, 0) is 0 Å². The van der Waals surface area contributed by atoms with Gasteiger partial charge in [0.15, 0.2) is 7.85 Å². The molecule has 0 radical (unpaired) electrons.